The zero-order valence-electron chi connectivity index (χ0n) is 19.7. The zero-order valence-corrected chi connectivity index (χ0v) is 19.7. The van der Waals surface area contributed by atoms with Crippen molar-refractivity contribution in [3.05, 3.63) is 65.9 Å². The van der Waals surface area contributed by atoms with E-state index >= 15 is 0 Å². The fourth-order valence-corrected chi connectivity index (χ4v) is 3.74. The quantitative estimate of drug-likeness (QED) is 0.430. The highest BCUT2D eigenvalue weighted by atomic mass is 16.5. The van der Waals surface area contributed by atoms with Gasteiger partial charge in [0.1, 0.15) is 30.1 Å². The maximum Gasteiger partial charge on any atom is 0.273 e. The number of rotatable bonds is 10. The van der Waals surface area contributed by atoms with E-state index in [0.29, 0.717) is 41.0 Å². The van der Waals surface area contributed by atoms with Gasteiger partial charge >= 0.3 is 0 Å². The van der Waals surface area contributed by atoms with Gasteiger partial charge in [-0.05, 0) is 49.1 Å². The maximum atomic E-state index is 12.8. The lowest BCUT2D eigenvalue weighted by atomic mass is 10.1. The predicted octanol–water partition coefficient (Wildman–Crippen LogP) is 3.01. The first-order valence-corrected chi connectivity index (χ1v) is 11.6. The van der Waals surface area contributed by atoms with Crippen molar-refractivity contribution in [2.75, 3.05) is 31.8 Å². The summed E-state index contributed by atoms with van der Waals surface area (Å²) in [5.41, 5.74) is 0.925. The highest BCUT2D eigenvalue weighted by molar-refractivity contribution is 6.02. The number of ketones is 1. The molecule has 1 saturated carbocycles. The van der Waals surface area contributed by atoms with Crippen LogP contribution in [-0.4, -0.2) is 49.4 Å². The van der Waals surface area contributed by atoms with Gasteiger partial charge in [0, 0.05) is 18.2 Å². The van der Waals surface area contributed by atoms with Crippen LogP contribution in [0, 0.1) is 5.92 Å². The molecule has 2 aliphatic rings. The van der Waals surface area contributed by atoms with Gasteiger partial charge in [-0.2, -0.15) is 0 Å². The van der Waals surface area contributed by atoms with Gasteiger partial charge in [-0.15, -0.1) is 0 Å². The Balaban J connectivity index is 1.28. The first-order chi connectivity index (χ1) is 17.5. The van der Waals surface area contributed by atoms with Gasteiger partial charge in [-0.25, -0.2) is 4.98 Å². The molecule has 0 saturated heterocycles. The molecule has 2 heterocycles. The molecule has 0 spiro atoms. The van der Waals surface area contributed by atoms with Gasteiger partial charge in [0.05, 0.1) is 12.8 Å². The Bertz CT molecular complexity index is 1300. The van der Waals surface area contributed by atoms with E-state index in [1.54, 1.807) is 49.6 Å². The van der Waals surface area contributed by atoms with Crippen molar-refractivity contribution < 1.29 is 33.0 Å². The van der Waals surface area contributed by atoms with E-state index in [1.165, 1.54) is 11.2 Å². The lowest BCUT2D eigenvalue weighted by Crippen LogP contribution is -2.38. The van der Waals surface area contributed by atoms with E-state index in [4.69, 9.17) is 18.6 Å². The molecule has 0 unspecified atom stereocenters. The molecule has 1 aromatic heterocycles. The Morgan fingerprint density at radius 2 is 2.00 bits per heavy atom. The van der Waals surface area contributed by atoms with Gasteiger partial charge in [0.15, 0.2) is 24.7 Å². The first-order valence-electron chi connectivity index (χ1n) is 11.6. The standard InChI is InChI=1S/C26H25N3O7/c1-33-18-3-2-4-19(10-18)34-14-22(30)17-7-8-23-21(9-17)29(25(31)15-35-23)12-24-28-20(13-36-24)26(32)27-11-16-5-6-16/h2-4,7-10,13,16H,5-6,11-12,14-15H2,1H3,(H,27,32). The van der Waals surface area contributed by atoms with Gasteiger partial charge in [0.2, 0.25) is 5.89 Å². The largest absolute Gasteiger partial charge is 0.497 e. The summed E-state index contributed by atoms with van der Waals surface area (Å²) in [7, 11) is 1.55. The van der Waals surface area contributed by atoms with Crippen LogP contribution < -0.4 is 24.4 Å². The van der Waals surface area contributed by atoms with E-state index in [0.717, 1.165) is 12.8 Å². The highest BCUT2D eigenvalue weighted by Gasteiger charge is 2.29. The summed E-state index contributed by atoms with van der Waals surface area (Å²) < 4.78 is 21.8. The number of hydrogen-bond donors (Lipinski definition) is 1. The summed E-state index contributed by atoms with van der Waals surface area (Å²) in [5, 5.41) is 2.83. The molecule has 2 amide bonds. The van der Waals surface area contributed by atoms with Crippen LogP contribution in [0.15, 0.2) is 53.1 Å². The monoisotopic (exact) mass is 491 g/mol. The number of hydrogen-bond acceptors (Lipinski definition) is 8. The smallest absolute Gasteiger partial charge is 0.273 e. The van der Waals surface area contributed by atoms with Crippen LogP contribution in [0.4, 0.5) is 5.69 Å². The summed E-state index contributed by atoms with van der Waals surface area (Å²) in [6.45, 7) is 0.256. The second kappa shape index (κ2) is 10.1. The van der Waals surface area contributed by atoms with Crippen molar-refractivity contribution in [2.24, 2.45) is 5.92 Å². The average molecular weight is 492 g/mol. The highest BCUT2D eigenvalue weighted by Crippen LogP contribution is 2.34. The molecule has 1 aliphatic carbocycles. The van der Waals surface area contributed by atoms with Gasteiger partial charge in [0.25, 0.3) is 11.8 Å². The molecule has 0 atom stereocenters. The molecule has 10 heteroatoms. The molecule has 186 valence electrons. The fraction of sp³-hybridized carbons (Fsp3) is 0.308. The Morgan fingerprint density at radius 3 is 2.81 bits per heavy atom. The van der Waals surface area contributed by atoms with Crippen molar-refractivity contribution in [1.29, 1.82) is 0 Å². The minimum atomic E-state index is -0.322. The van der Waals surface area contributed by atoms with Crippen LogP contribution >= 0.6 is 0 Å². The number of ether oxygens (including phenoxy) is 3. The number of amides is 2. The van der Waals surface area contributed by atoms with E-state index in [9.17, 15) is 14.4 Å². The van der Waals surface area contributed by atoms with Crippen molar-refractivity contribution in [1.82, 2.24) is 10.3 Å². The topological polar surface area (TPSA) is 120 Å². The Morgan fingerprint density at radius 1 is 1.17 bits per heavy atom. The van der Waals surface area contributed by atoms with Gasteiger partial charge < -0.3 is 23.9 Å². The number of fused-ring (bicyclic) bond motifs is 1. The SMILES string of the molecule is COc1cccc(OCC(=O)c2ccc3c(c2)N(Cc2nc(C(=O)NCC4CC4)co2)C(=O)CO3)c1. The third-order valence-corrected chi connectivity index (χ3v) is 5.96. The summed E-state index contributed by atoms with van der Waals surface area (Å²) >= 11 is 0. The molecule has 1 aliphatic heterocycles. The summed E-state index contributed by atoms with van der Waals surface area (Å²) in [5.74, 6) is 1.41. The molecule has 36 heavy (non-hydrogen) atoms. The lowest BCUT2D eigenvalue weighted by molar-refractivity contribution is -0.121. The number of carbonyl (C=O) groups is 3. The number of Topliss-reactive ketones (excluding diaryl/α,β-unsaturated/α-hetero) is 1. The summed E-state index contributed by atoms with van der Waals surface area (Å²) in [6, 6.07) is 11.8. The zero-order chi connectivity index (χ0) is 25.1. The molecule has 1 N–H and O–H groups in total. The molecular weight excluding hydrogens is 466 g/mol. The van der Waals surface area contributed by atoms with Crippen LogP contribution in [0.1, 0.15) is 39.6 Å². The molecule has 1 fully saturated rings. The summed E-state index contributed by atoms with van der Waals surface area (Å²) in [4.78, 5) is 43.4. The van der Waals surface area contributed by atoms with E-state index < -0.39 is 0 Å². The molecule has 10 nitrogen and oxygen atoms in total. The third-order valence-electron chi connectivity index (χ3n) is 5.96. The van der Waals surface area contributed by atoms with Crippen molar-refractivity contribution in [3.8, 4) is 17.2 Å². The molecule has 2 aromatic carbocycles. The fourth-order valence-electron chi connectivity index (χ4n) is 3.74. The first kappa shape index (κ1) is 23.4. The number of methoxy groups -OCH3 is 1. The second-order valence-electron chi connectivity index (χ2n) is 8.62. The number of nitrogens with one attached hydrogen (secondary N) is 1. The van der Waals surface area contributed by atoms with Crippen LogP contribution in [0.5, 0.6) is 17.2 Å². The second-order valence-corrected chi connectivity index (χ2v) is 8.62. The van der Waals surface area contributed by atoms with Crippen LogP contribution in [0.2, 0.25) is 0 Å². The molecule has 5 rings (SSSR count). The number of aromatic nitrogens is 1. The maximum absolute atomic E-state index is 12.8. The van der Waals surface area contributed by atoms with Crippen molar-refractivity contribution >= 4 is 23.3 Å². The lowest BCUT2D eigenvalue weighted by Gasteiger charge is -2.28. The molecule has 3 aromatic rings. The Hall–Kier alpha value is -4.34. The number of carbonyl (C=O) groups excluding carboxylic acids is 3. The van der Waals surface area contributed by atoms with E-state index in [1.807, 2.05) is 0 Å². The van der Waals surface area contributed by atoms with E-state index in [-0.39, 0.29) is 48.9 Å². The van der Waals surface area contributed by atoms with Gasteiger partial charge in [-0.3, -0.25) is 19.3 Å². The van der Waals surface area contributed by atoms with Gasteiger partial charge in [-0.1, -0.05) is 6.07 Å². The third kappa shape index (κ3) is 5.32. The van der Waals surface area contributed by atoms with E-state index in [2.05, 4.69) is 10.3 Å². The van der Waals surface area contributed by atoms with Crippen LogP contribution in [0.25, 0.3) is 0 Å². The Labute approximate surface area is 207 Å². The minimum absolute atomic E-state index is 0.0109. The average Bonchev–Trinajstić information content (AvgIpc) is 3.62. The molecule has 0 radical (unpaired) electrons. The molecule has 0 bridgehead atoms. The number of nitrogens with zero attached hydrogens (tertiary/aromatic N) is 2. The molecular formula is C26H25N3O7. The summed E-state index contributed by atoms with van der Waals surface area (Å²) in [6.07, 6.45) is 3.53. The van der Waals surface area contributed by atoms with Crippen molar-refractivity contribution in [3.63, 3.8) is 0 Å². The Kier molecular flexibility index (Phi) is 6.57. The normalized spacial score (nSPS) is 14.6. The number of anilines is 1. The predicted molar refractivity (Wildman–Crippen MR) is 128 cm³/mol. The van der Waals surface area contributed by atoms with Crippen molar-refractivity contribution in [2.45, 2.75) is 19.4 Å². The van der Waals surface area contributed by atoms with Crippen LogP contribution in [-0.2, 0) is 11.3 Å². The number of oxazole rings is 1. The minimum Gasteiger partial charge on any atom is -0.497 e. The van der Waals surface area contributed by atoms with Crippen LogP contribution in [0.3, 0.4) is 0 Å². The number of benzene rings is 2.